The van der Waals surface area contributed by atoms with Crippen LogP contribution in [0.15, 0.2) is 24.3 Å². The molecule has 2 aromatic carbocycles. The normalized spacial score (nSPS) is 15.0. The zero-order chi connectivity index (χ0) is 28.9. The minimum absolute atomic E-state index is 0.0361. The first-order valence-electron chi connectivity index (χ1n) is 13.3. The van der Waals surface area contributed by atoms with Crippen molar-refractivity contribution in [3.63, 3.8) is 0 Å². The summed E-state index contributed by atoms with van der Waals surface area (Å²) < 4.78 is 13.0. The van der Waals surface area contributed by atoms with Crippen LogP contribution in [0, 0.1) is 6.92 Å². The van der Waals surface area contributed by atoms with Gasteiger partial charge in [0.05, 0.1) is 34.7 Å². The number of hydrogen-bond donors (Lipinski definition) is 2. The molecule has 1 atom stereocenters. The molecule has 1 amide bonds. The molecule has 0 saturated carbocycles. The SMILES string of the molecule is Cc1cc2nc(N(C)CC(=O)N(C)C)sc2c(-c2ccc3c4c2NCC=C4CCO3)c1[C@H](OC(C)(C)C)C(=O)O. The maximum Gasteiger partial charge on any atom is 0.337 e. The van der Waals surface area contributed by atoms with Crippen LogP contribution in [0.2, 0.25) is 0 Å². The van der Waals surface area contributed by atoms with Gasteiger partial charge in [0, 0.05) is 56.4 Å². The largest absolute Gasteiger partial charge is 0.493 e. The van der Waals surface area contributed by atoms with Crippen LogP contribution < -0.4 is 15.0 Å². The van der Waals surface area contributed by atoms with Crippen LogP contribution in [-0.4, -0.2) is 73.3 Å². The predicted octanol–water partition coefficient (Wildman–Crippen LogP) is 5.33. The van der Waals surface area contributed by atoms with Gasteiger partial charge in [-0.05, 0) is 57.0 Å². The molecule has 2 aliphatic rings. The van der Waals surface area contributed by atoms with Crippen LogP contribution in [0.1, 0.15) is 50.0 Å². The Morgan fingerprint density at radius 3 is 2.65 bits per heavy atom. The summed E-state index contributed by atoms with van der Waals surface area (Å²) in [5.74, 6) is -0.270. The lowest BCUT2D eigenvalue weighted by atomic mass is 9.86. The fraction of sp³-hybridized carbons (Fsp3) is 0.433. The van der Waals surface area contributed by atoms with Crippen LogP contribution in [0.3, 0.4) is 0 Å². The van der Waals surface area contributed by atoms with E-state index in [1.807, 2.05) is 57.8 Å². The third-order valence-corrected chi connectivity index (χ3v) is 8.29. The van der Waals surface area contributed by atoms with Crippen LogP contribution in [0.4, 0.5) is 10.8 Å². The van der Waals surface area contributed by atoms with E-state index < -0.39 is 17.7 Å². The molecule has 0 saturated heterocycles. The summed E-state index contributed by atoms with van der Waals surface area (Å²) >= 11 is 1.45. The minimum Gasteiger partial charge on any atom is -0.493 e. The Labute approximate surface area is 238 Å². The molecule has 0 spiro atoms. The first kappa shape index (κ1) is 27.9. The number of likely N-dealkylation sites (N-methyl/N-ethyl adjacent to an activating group) is 2. The van der Waals surface area contributed by atoms with Gasteiger partial charge in [0.2, 0.25) is 5.91 Å². The van der Waals surface area contributed by atoms with E-state index in [1.165, 1.54) is 16.9 Å². The monoisotopic (exact) mass is 564 g/mol. The van der Waals surface area contributed by atoms with Crippen LogP contribution in [0.5, 0.6) is 5.75 Å². The molecule has 40 heavy (non-hydrogen) atoms. The smallest absolute Gasteiger partial charge is 0.337 e. The number of thiazole rings is 1. The Balaban J connectivity index is 1.79. The first-order valence-corrected chi connectivity index (χ1v) is 14.2. The maximum atomic E-state index is 12.8. The van der Waals surface area contributed by atoms with E-state index in [0.29, 0.717) is 23.8 Å². The van der Waals surface area contributed by atoms with Crippen molar-refractivity contribution in [3.8, 4) is 16.9 Å². The maximum absolute atomic E-state index is 12.8. The molecule has 212 valence electrons. The van der Waals surface area contributed by atoms with Gasteiger partial charge in [-0.15, -0.1) is 0 Å². The average Bonchev–Trinajstić information content (AvgIpc) is 3.30. The van der Waals surface area contributed by atoms with E-state index in [9.17, 15) is 14.7 Å². The minimum atomic E-state index is -1.20. The molecule has 5 rings (SSSR count). The Morgan fingerprint density at radius 2 is 1.98 bits per heavy atom. The van der Waals surface area contributed by atoms with Crippen molar-refractivity contribution < 1.29 is 24.2 Å². The van der Waals surface area contributed by atoms with Crippen molar-refractivity contribution in [2.24, 2.45) is 0 Å². The second kappa shape index (κ2) is 10.4. The number of carboxylic acids is 1. The summed E-state index contributed by atoms with van der Waals surface area (Å²) in [6.07, 6.45) is 1.81. The van der Waals surface area contributed by atoms with Gasteiger partial charge in [0.15, 0.2) is 11.2 Å². The highest BCUT2D eigenvalue weighted by molar-refractivity contribution is 7.22. The van der Waals surface area contributed by atoms with E-state index in [4.69, 9.17) is 14.5 Å². The van der Waals surface area contributed by atoms with Gasteiger partial charge in [-0.2, -0.15) is 0 Å². The molecule has 0 unspecified atom stereocenters. The highest BCUT2D eigenvalue weighted by Crippen LogP contribution is 2.50. The Kier molecular flexibility index (Phi) is 7.26. The topological polar surface area (TPSA) is 104 Å². The van der Waals surface area contributed by atoms with Gasteiger partial charge in [-0.3, -0.25) is 4.79 Å². The van der Waals surface area contributed by atoms with Crippen molar-refractivity contribution in [1.29, 1.82) is 0 Å². The van der Waals surface area contributed by atoms with Crippen molar-refractivity contribution in [1.82, 2.24) is 9.88 Å². The summed E-state index contributed by atoms with van der Waals surface area (Å²) in [6.45, 7) is 8.96. The van der Waals surface area contributed by atoms with Gasteiger partial charge in [0.1, 0.15) is 5.75 Å². The summed E-state index contributed by atoms with van der Waals surface area (Å²) in [4.78, 5) is 33.5. The van der Waals surface area contributed by atoms with Gasteiger partial charge < -0.3 is 29.7 Å². The molecule has 3 heterocycles. The Hall–Kier alpha value is -3.63. The van der Waals surface area contributed by atoms with Gasteiger partial charge >= 0.3 is 5.97 Å². The van der Waals surface area contributed by atoms with E-state index >= 15 is 0 Å². The highest BCUT2D eigenvalue weighted by atomic mass is 32.1. The van der Waals surface area contributed by atoms with E-state index in [1.54, 1.807) is 19.0 Å². The number of fused-ring (bicyclic) bond motifs is 1. The summed E-state index contributed by atoms with van der Waals surface area (Å²) in [5.41, 5.74) is 6.26. The number of nitrogens with zero attached hydrogens (tertiary/aromatic N) is 3. The van der Waals surface area contributed by atoms with Crippen LogP contribution >= 0.6 is 11.3 Å². The second-order valence-corrected chi connectivity index (χ2v) is 12.5. The molecule has 0 bridgehead atoms. The van der Waals surface area contributed by atoms with Gasteiger partial charge in [-0.1, -0.05) is 17.4 Å². The number of amides is 1. The lowest BCUT2D eigenvalue weighted by Gasteiger charge is -2.31. The molecule has 9 nitrogen and oxygen atoms in total. The van der Waals surface area contributed by atoms with Crippen molar-refractivity contribution in [3.05, 3.63) is 41.0 Å². The molecular formula is C30H36N4O5S. The Morgan fingerprint density at radius 1 is 1.23 bits per heavy atom. The molecule has 0 fully saturated rings. The van der Waals surface area contributed by atoms with Crippen molar-refractivity contribution in [2.45, 2.75) is 45.8 Å². The lowest BCUT2D eigenvalue weighted by Crippen LogP contribution is -2.34. The number of aromatic nitrogens is 1. The van der Waals surface area contributed by atoms with Crippen molar-refractivity contribution >= 4 is 49.8 Å². The molecule has 2 N–H and O–H groups in total. The summed E-state index contributed by atoms with van der Waals surface area (Å²) in [6, 6.07) is 5.89. The second-order valence-electron chi connectivity index (χ2n) is 11.5. The zero-order valence-corrected chi connectivity index (χ0v) is 24.9. The van der Waals surface area contributed by atoms with Gasteiger partial charge in [-0.25, -0.2) is 9.78 Å². The van der Waals surface area contributed by atoms with E-state index in [0.717, 1.165) is 50.3 Å². The molecule has 1 aromatic heterocycles. The number of aliphatic carboxylic acids is 1. The lowest BCUT2D eigenvalue weighted by molar-refractivity contribution is -0.160. The predicted molar refractivity (Wildman–Crippen MR) is 160 cm³/mol. The summed E-state index contributed by atoms with van der Waals surface area (Å²) in [5, 5.41) is 14.7. The quantitative estimate of drug-likeness (QED) is 0.397. The molecule has 3 aromatic rings. The number of benzene rings is 2. The first-order chi connectivity index (χ1) is 18.9. The van der Waals surface area contributed by atoms with E-state index in [-0.39, 0.29) is 12.5 Å². The molecule has 10 heteroatoms. The van der Waals surface area contributed by atoms with Crippen LogP contribution in [-0.2, 0) is 14.3 Å². The fourth-order valence-corrected chi connectivity index (χ4v) is 6.34. The van der Waals surface area contributed by atoms with Crippen molar-refractivity contribution in [2.75, 3.05) is 51.1 Å². The highest BCUT2D eigenvalue weighted by Gasteiger charge is 2.34. The number of carboxylic acid groups (broad SMARTS) is 1. The molecule has 2 aliphatic heterocycles. The number of hydrogen-bond acceptors (Lipinski definition) is 8. The number of nitrogens with one attached hydrogen (secondary N) is 1. The standard InChI is InChI=1S/C30H36N4O5S/c1-16-14-19-27(40-29(32-19)34(7)15-21(35)33(5)6)24(22(16)26(28(36)37)39-30(2,3)4)18-8-9-20-23-17(11-13-38-20)10-12-31-25(18)23/h8-10,14,26,31H,11-13,15H2,1-7H3,(H,36,37)/t26-/m0/s1. The molecular weight excluding hydrogens is 528 g/mol. The Bertz CT molecular complexity index is 1540. The number of carbonyl (C=O) groups is 2. The number of carbonyl (C=O) groups excluding carboxylic acids is 1. The number of aryl methyl sites for hydroxylation is 1. The van der Waals surface area contributed by atoms with E-state index in [2.05, 4.69) is 11.4 Å². The summed E-state index contributed by atoms with van der Waals surface area (Å²) in [7, 11) is 5.29. The molecule has 0 radical (unpaired) electrons. The number of ether oxygens (including phenoxy) is 2. The molecule has 0 aliphatic carbocycles. The third kappa shape index (κ3) is 5.13. The number of anilines is 2. The fourth-order valence-electron chi connectivity index (χ4n) is 5.26. The van der Waals surface area contributed by atoms with Crippen LogP contribution in [0.25, 0.3) is 26.9 Å². The third-order valence-electron chi connectivity index (χ3n) is 7.09. The zero-order valence-electron chi connectivity index (χ0n) is 24.0. The number of rotatable bonds is 7. The average molecular weight is 565 g/mol. The van der Waals surface area contributed by atoms with Gasteiger partial charge in [0.25, 0.3) is 0 Å².